The van der Waals surface area contributed by atoms with Crippen LogP contribution in [-0.2, 0) is 10.0 Å². The van der Waals surface area contributed by atoms with Gasteiger partial charge >= 0.3 is 0 Å². The summed E-state index contributed by atoms with van der Waals surface area (Å²) < 4.78 is 28.7. The Morgan fingerprint density at radius 3 is 1.60 bits per heavy atom. The van der Waals surface area contributed by atoms with E-state index in [4.69, 9.17) is 0 Å². The Hall–Kier alpha value is -2.43. The van der Waals surface area contributed by atoms with Gasteiger partial charge in [0, 0.05) is 0 Å². The van der Waals surface area contributed by atoms with Gasteiger partial charge in [-0.3, -0.25) is 0 Å². The Bertz CT molecular complexity index is 920. The maximum atomic E-state index is 12.9. The summed E-state index contributed by atoms with van der Waals surface area (Å²) in [7, 11) is -3.64. The highest BCUT2D eigenvalue weighted by molar-refractivity contribution is 7.89. The van der Waals surface area contributed by atoms with Crippen molar-refractivity contribution in [2.24, 2.45) is 0 Å². The van der Waals surface area contributed by atoms with Gasteiger partial charge in [-0.05, 0) is 48.2 Å². The van der Waals surface area contributed by atoms with Crippen LogP contribution in [0.3, 0.4) is 0 Å². The number of aryl methyl sites for hydroxylation is 2. The van der Waals surface area contributed by atoms with Crippen LogP contribution in [0, 0.1) is 13.8 Å². The molecule has 3 aromatic rings. The Kier molecular flexibility index (Phi) is 5.02. The van der Waals surface area contributed by atoms with E-state index in [1.807, 2.05) is 62.4 Å². The summed E-state index contributed by atoms with van der Waals surface area (Å²) in [6.07, 6.45) is 0. The van der Waals surface area contributed by atoms with E-state index in [-0.39, 0.29) is 4.90 Å². The van der Waals surface area contributed by atoms with Crippen LogP contribution in [0.15, 0.2) is 83.8 Å². The fraction of sp³-hybridized carbons (Fsp3) is 0.143. The molecular formula is C21H21NO2S. The predicted molar refractivity (Wildman–Crippen MR) is 101 cm³/mol. The van der Waals surface area contributed by atoms with Crippen molar-refractivity contribution in [2.75, 3.05) is 0 Å². The third kappa shape index (κ3) is 3.81. The van der Waals surface area contributed by atoms with Crippen LogP contribution in [0.1, 0.15) is 28.3 Å². The van der Waals surface area contributed by atoms with Crippen molar-refractivity contribution in [1.82, 2.24) is 4.72 Å². The van der Waals surface area contributed by atoms with Gasteiger partial charge in [0.05, 0.1) is 10.9 Å². The first-order valence-corrected chi connectivity index (χ1v) is 9.66. The maximum Gasteiger partial charge on any atom is 0.241 e. The highest BCUT2D eigenvalue weighted by Gasteiger charge is 2.24. The average Bonchev–Trinajstić information content (AvgIpc) is 2.62. The van der Waals surface area contributed by atoms with Crippen LogP contribution in [-0.4, -0.2) is 8.42 Å². The minimum absolute atomic E-state index is 0.266. The van der Waals surface area contributed by atoms with Gasteiger partial charge in [0.2, 0.25) is 10.0 Å². The lowest BCUT2D eigenvalue weighted by Crippen LogP contribution is -2.30. The lowest BCUT2D eigenvalue weighted by Gasteiger charge is -2.23. The molecule has 0 atom stereocenters. The largest absolute Gasteiger partial charge is 0.241 e. The lowest BCUT2D eigenvalue weighted by atomic mass is 9.93. The van der Waals surface area contributed by atoms with Gasteiger partial charge in [-0.15, -0.1) is 0 Å². The van der Waals surface area contributed by atoms with Gasteiger partial charge in [0.25, 0.3) is 0 Å². The quantitative estimate of drug-likeness (QED) is 0.742. The highest BCUT2D eigenvalue weighted by Crippen LogP contribution is 2.29. The van der Waals surface area contributed by atoms with Crippen LogP contribution in [0.25, 0.3) is 0 Å². The molecule has 3 rings (SSSR count). The van der Waals surface area contributed by atoms with Gasteiger partial charge in [0.15, 0.2) is 0 Å². The summed E-state index contributed by atoms with van der Waals surface area (Å²) in [5.74, 6) is 0. The second kappa shape index (κ2) is 7.21. The molecule has 0 amide bonds. The summed E-state index contributed by atoms with van der Waals surface area (Å²) in [4.78, 5) is 0.266. The van der Waals surface area contributed by atoms with Gasteiger partial charge in [-0.2, -0.15) is 4.72 Å². The van der Waals surface area contributed by atoms with Crippen LogP contribution in [0.4, 0.5) is 0 Å². The molecule has 1 N–H and O–H groups in total. The molecule has 4 heteroatoms. The van der Waals surface area contributed by atoms with Crippen molar-refractivity contribution >= 4 is 10.0 Å². The first-order chi connectivity index (χ1) is 12.0. The van der Waals surface area contributed by atoms with Crippen molar-refractivity contribution in [3.8, 4) is 0 Å². The standard InChI is InChI=1S/C21H21NO2S/c1-16-10-6-8-14-19(16)21(20-15-9-7-11-17(20)2)22-25(23,24)18-12-4-3-5-13-18/h3-15,21-22H,1-2H3. The van der Waals surface area contributed by atoms with E-state index in [0.717, 1.165) is 22.3 Å². The molecule has 0 aliphatic carbocycles. The van der Waals surface area contributed by atoms with Crippen molar-refractivity contribution in [3.63, 3.8) is 0 Å². The predicted octanol–water partition coefficient (Wildman–Crippen LogP) is 4.37. The molecule has 0 aromatic heterocycles. The van der Waals surface area contributed by atoms with Crippen molar-refractivity contribution in [1.29, 1.82) is 0 Å². The van der Waals surface area contributed by atoms with E-state index in [1.165, 1.54) is 0 Å². The van der Waals surface area contributed by atoms with Crippen LogP contribution < -0.4 is 4.72 Å². The molecule has 0 aliphatic rings. The molecule has 0 unspecified atom stereocenters. The minimum Gasteiger partial charge on any atom is -0.207 e. The number of sulfonamides is 1. The molecule has 0 fully saturated rings. The molecule has 0 heterocycles. The second-order valence-corrected chi connectivity index (χ2v) is 7.79. The molecular weight excluding hydrogens is 330 g/mol. The van der Waals surface area contributed by atoms with E-state index < -0.39 is 16.1 Å². The Labute approximate surface area is 149 Å². The fourth-order valence-corrected chi connectivity index (χ4v) is 4.15. The van der Waals surface area contributed by atoms with Crippen molar-refractivity contribution in [2.45, 2.75) is 24.8 Å². The van der Waals surface area contributed by atoms with E-state index in [0.29, 0.717) is 0 Å². The minimum atomic E-state index is -3.64. The SMILES string of the molecule is Cc1ccccc1C(NS(=O)(=O)c1ccccc1)c1ccccc1C. The molecule has 0 bridgehead atoms. The smallest absolute Gasteiger partial charge is 0.207 e. The average molecular weight is 351 g/mol. The fourth-order valence-electron chi connectivity index (χ4n) is 2.94. The number of rotatable bonds is 5. The highest BCUT2D eigenvalue weighted by atomic mass is 32.2. The number of hydrogen-bond acceptors (Lipinski definition) is 2. The first-order valence-electron chi connectivity index (χ1n) is 8.17. The third-order valence-corrected chi connectivity index (χ3v) is 5.76. The van der Waals surface area contributed by atoms with Crippen molar-refractivity contribution < 1.29 is 8.42 Å². The van der Waals surface area contributed by atoms with Gasteiger partial charge < -0.3 is 0 Å². The summed E-state index contributed by atoms with van der Waals surface area (Å²) in [6, 6.07) is 23.8. The molecule has 0 radical (unpaired) electrons. The van der Waals surface area contributed by atoms with E-state index >= 15 is 0 Å². The normalized spacial score (nSPS) is 11.6. The summed E-state index contributed by atoms with van der Waals surface area (Å²) in [6.45, 7) is 3.99. The van der Waals surface area contributed by atoms with Crippen molar-refractivity contribution in [3.05, 3.63) is 101 Å². The molecule has 3 nitrogen and oxygen atoms in total. The summed E-state index contributed by atoms with van der Waals surface area (Å²) in [5.41, 5.74) is 4.01. The molecule has 128 valence electrons. The van der Waals surface area contributed by atoms with Gasteiger partial charge in [-0.25, -0.2) is 8.42 Å². The first kappa shape index (κ1) is 17.4. The maximum absolute atomic E-state index is 12.9. The molecule has 25 heavy (non-hydrogen) atoms. The zero-order valence-corrected chi connectivity index (χ0v) is 15.1. The number of benzene rings is 3. The number of nitrogens with one attached hydrogen (secondary N) is 1. The summed E-state index contributed by atoms with van der Waals surface area (Å²) in [5, 5.41) is 0. The molecule has 0 aliphatic heterocycles. The Balaban J connectivity index is 2.10. The van der Waals surface area contributed by atoms with Crippen LogP contribution >= 0.6 is 0 Å². The Morgan fingerprint density at radius 1 is 0.680 bits per heavy atom. The monoisotopic (exact) mass is 351 g/mol. The molecule has 0 saturated heterocycles. The molecule has 0 saturated carbocycles. The zero-order chi connectivity index (χ0) is 17.9. The summed E-state index contributed by atoms with van der Waals surface area (Å²) >= 11 is 0. The zero-order valence-electron chi connectivity index (χ0n) is 14.3. The van der Waals surface area contributed by atoms with Gasteiger partial charge in [-0.1, -0.05) is 66.7 Å². The van der Waals surface area contributed by atoms with E-state index in [2.05, 4.69) is 4.72 Å². The topological polar surface area (TPSA) is 46.2 Å². The van der Waals surface area contributed by atoms with Gasteiger partial charge in [0.1, 0.15) is 0 Å². The van der Waals surface area contributed by atoms with E-state index in [9.17, 15) is 8.42 Å². The third-order valence-electron chi connectivity index (χ3n) is 4.33. The van der Waals surface area contributed by atoms with E-state index in [1.54, 1.807) is 30.3 Å². The lowest BCUT2D eigenvalue weighted by molar-refractivity contribution is 0.571. The number of hydrogen-bond donors (Lipinski definition) is 1. The Morgan fingerprint density at radius 2 is 1.12 bits per heavy atom. The molecule has 3 aromatic carbocycles. The van der Waals surface area contributed by atoms with Crippen LogP contribution in [0.2, 0.25) is 0 Å². The second-order valence-electron chi connectivity index (χ2n) is 6.08. The van der Waals surface area contributed by atoms with Crippen LogP contribution in [0.5, 0.6) is 0 Å². The molecule has 0 spiro atoms.